The summed E-state index contributed by atoms with van der Waals surface area (Å²) in [6.07, 6.45) is 1.30. The molecular weight excluding hydrogens is 365 g/mol. The fraction of sp³-hybridized carbons (Fsp3) is 0.0588. The van der Waals surface area contributed by atoms with E-state index >= 15 is 0 Å². The van der Waals surface area contributed by atoms with Crippen LogP contribution >= 0.6 is 23.2 Å². The van der Waals surface area contributed by atoms with Crippen LogP contribution in [0.1, 0.15) is 10.5 Å². The third kappa shape index (κ3) is 4.04. The number of carbonyl (C=O) groups is 2. The van der Waals surface area contributed by atoms with Gasteiger partial charge in [-0.05, 0) is 24.3 Å². The number of anilines is 1. The van der Waals surface area contributed by atoms with E-state index in [4.69, 9.17) is 27.9 Å². The molecule has 1 amide bonds. The van der Waals surface area contributed by atoms with E-state index in [2.05, 4.69) is 15.3 Å². The Labute approximate surface area is 152 Å². The van der Waals surface area contributed by atoms with Crippen LogP contribution in [0.15, 0.2) is 48.7 Å². The van der Waals surface area contributed by atoms with Gasteiger partial charge in [0, 0.05) is 0 Å². The van der Waals surface area contributed by atoms with Crippen LogP contribution in [0, 0.1) is 0 Å². The predicted molar refractivity (Wildman–Crippen MR) is 94.9 cm³/mol. The SMILES string of the molecule is O=C(COC(=O)c1cnc2ccccc2n1)Nc1cccc(Cl)c1Cl. The first-order valence-electron chi connectivity index (χ1n) is 7.17. The number of para-hydroxylation sites is 2. The average molecular weight is 376 g/mol. The molecule has 0 fully saturated rings. The zero-order chi connectivity index (χ0) is 17.8. The smallest absolute Gasteiger partial charge is 0.359 e. The van der Waals surface area contributed by atoms with Gasteiger partial charge in [0.2, 0.25) is 0 Å². The van der Waals surface area contributed by atoms with Crippen LogP contribution in [-0.2, 0) is 9.53 Å². The highest BCUT2D eigenvalue weighted by atomic mass is 35.5. The van der Waals surface area contributed by atoms with E-state index in [1.165, 1.54) is 6.20 Å². The highest BCUT2D eigenvalue weighted by molar-refractivity contribution is 6.44. The van der Waals surface area contributed by atoms with Gasteiger partial charge in [-0.3, -0.25) is 9.78 Å². The highest BCUT2D eigenvalue weighted by Gasteiger charge is 2.14. The summed E-state index contributed by atoms with van der Waals surface area (Å²) in [4.78, 5) is 32.2. The molecule has 0 aliphatic rings. The molecule has 0 saturated carbocycles. The molecule has 0 saturated heterocycles. The van der Waals surface area contributed by atoms with Crippen LogP contribution in [0.2, 0.25) is 10.0 Å². The van der Waals surface area contributed by atoms with E-state index in [1.807, 2.05) is 6.07 Å². The lowest BCUT2D eigenvalue weighted by Gasteiger charge is -2.08. The number of amides is 1. The maximum absolute atomic E-state index is 12.0. The monoisotopic (exact) mass is 375 g/mol. The van der Waals surface area contributed by atoms with Gasteiger partial charge in [0.25, 0.3) is 5.91 Å². The second-order valence-corrected chi connectivity index (χ2v) is 5.75. The standard InChI is InChI=1S/C17H11Cl2N3O3/c18-10-4-3-7-13(16(10)19)22-15(23)9-25-17(24)14-8-20-11-5-1-2-6-12(11)21-14/h1-8H,9H2,(H,22,23). The Morgan fingerprint density at radius 1 is 1.04 bits per heavy atom. The highest BCUT2D eigenvalue weighted by Crippen LogP contribution is 2.29. The molecule has 1 N–H and O–H groups in total. The summed E-state index contributed by atoms with van der Waals surface area (Å²) < 4.78 is 4.95. The van der Waals surface area contributed by atoms with Crippen molar-refractivity contribution in [3.05, 3.63) is 64.4 Å². The number of halogens is 2. The lowest BCUT2D eigenvalue weighted by Crippen LogP contribution is -2.21. The summed E-state index contributed by atoms with van der Waals surface area (Å²) in [6, 6.07) is 11.9. The van der Waals surface area contributed by atoms with Crippen molar-refractivity contribution < 1.29 is 14.3 Å². The first-order chi connectivity index (χ1) is 12.0. The van der Waals surface area contributed by atoms with Crippen molar-refractivity contribution in [1.29, 1.82) is 0 Å². The first-order valence-corrected chi connectivity index (χ1v) is 7.93. The summed E-state index contributed by atoms with van der Waals surface area (Å²) in [5.41, 5.74) is 1.58. The minimum absolute atomic E-state index is 0.0206. The van der Waals surface area contributed by atoms with Crippen LogP contribution in [0.5, 0.6) is 0 Å². The third-order valence-corrected chi connectivity index (χ3v) is 4.04. The Kier molecular flexibility index (Phi) is 5.11. The number of aromatic nitrogens is 2. The Morgan fingerprint density at radius 2 is 1.80 bits per heavy atom. The Bertz CT molecular complexity index is 963. The van der Waals surface area contributed by atoms with E-state index in [9.17, 15) is 9.59 Å². The van der Waals surface area contributed by atoms with E-state index in [-0.39, 0.29) is 10.7 Å². The molecule has 126 valence electrons. The van der Waals surface area contributed by atoms with Crippen molar-refractivity contribution in [2.24, 2.45) is 0 Å². The largest absolute Gasteiger partial charge is 0.451 e. The maximum atomic E-state index is 12.0. The first kappa shape index (κ1) is 17.1. The summed E-state index contributed by atoms with van der Waals surface area (Å²) in [5.74, 6) is -1.29. The molecule has 3 aromatic rings. The fourth-order valence-electron chi connectivity index (χ4n) is 2.05. The second-order valence-electron chi connectivity index (χ2n) is 4.97. The number of fused-ring (bicyclic) bond motifs is 1. The van der Waals surface area contributed by atoms with E-state index in [1.54, 1.807) is 36.4 Å². The minimum Gasteiger partial charge on any atom is -0.451 e. The van der Waals surface area contributed by atoms with Gasteiger partial charge in [-0.1, -0.05) is 41.4 Å². The van der Waals surface area contributed by atoms with Gasteiger partial charge in [0.05, 0.1) is 33.0 Å². The number of carbonyl (C=O) groups excluding carboxylic acids is 2. The van der Waals surface area contributed by atoms with Crippen molar-refractivity contribution in [2.75, 3.05) is 11.9 Å². The van der Waals surface area contributed by atoms with E-state index in [0.29, 0.717) is 21.7 Å². The predicted octanol–water partition coefficient (Wildman–Crippen LogP) is 3.73. The quantitative estimate of drug-likeness (QED) is 0.702. The van der Waals surface area contributed by atoms with Crippen LogP contribution in [0.4, 0.5) is 5.69 Å². The molecule has 0 aliphatic heterocycles. The molecule has 8 heteroatoms. The maximum Gasteiger partial charge on any atom is 0.359 e. The number of nitrogens with zero attached hydrogens (tertiary/aromatic N) is 2. The molecule has 0 aliphatic carbocycles. The molecule has 6 nitrogen and oxygen atoms in total. The third-order valence-electron chi connectivity index (χ3n) is 3.22. The average Bonchev–Trinajstić information content (AvgIpc) is 2.63. The number of rotatable bonds is 4. The van der Waals surface area contributed by atoms with Crippen LogP contribution in [-0.4, -0.2) is 28.5 Å². The van der Waals surface area contributed by atoms with Crippen molar-refractivity contribution in [3.63, 3.8) is 0 Å². The van der Waals surface area contributed by atoms with Crippen molar-refractivity contribution in [2.45, 2.75) is 0 Å². The van der Waals surface area contributed by atoms with Gasteiger partial charge < -0.3 is 10.1 Å². The zero-order valence-electron chi connectivity index (χ0n) is 12.7. The molecule has 0 unspecified atom stereocenters. The summed E-state index contributed by atoms with van der Waals surface area (Å²) in [5, 5.41) is 3.04. The second kappa shape index (κ2) is 7.46. The number of hydrogen-bond donors (Lipinski definition) is 1. The molecule has 0 spiro atoms. The van der Waals surface area contributed by atoms with E-state index in [0.717, 1.165) is 0 Å². The topological polar surface area (TPSA) is 81.2 Å². The number of hydrogen-bond acceptors (Lipinski definition) is 5. The molecule has 3 rings (SSSR count). The molecule has 1 aromatic heterocycles. The van der Waals surface area contributed by atoms with Gasteiger partial charge in [-0.25, -0.2) is 9.78 Å². The van der Waals surface area contributed by atoms with Crippen LogP contribution in [0.25, 0.3) is 11.0 Å². The van der Waals surface area contributed by atoms with Gasteiger partial charge in [-0.2, -0.15) is 0 Å². The Balaban J connectivity index is 1.63. The molecule has 0 bridgehead atoms. The molecular formula is C17H11Cl2N3O3. The van der Waals surface area contributed by atoms with Crippen molar-refractivity contribution in [3.8, 4) is 0 Å². The fourth-order valence-corrected chi connectivity index (χ4v) is 2.39. The number of nitrogens with one attached hydrogen (secondary N) is 1. The van der Waals surface area contributed by atoms with Gasteiger partial charge in [-0.15, -0.1) is 0 Å². The van der Waals surface area contributed by atoms with Gasteiger partial charge >= 0.3 is 5.97 Å². The zero-order valence-corrected chi connectivity index (χ0v) is 14.2. The molecule has 0 radical (unpaired) electrons. The van der Waals surface area contributed by atoms with Gasteiger partial charge in [0.1, 0.15) is 0 Å². The summed E-state index contributed by atoms with van der Waals surface area (Å²) >= 11 is 11.8. The lowest BCUT2D eigenvalue weighted by molar-refractivity contribution is -0.119. The van der Waals surface area contributed by atoms with E-state index < -0.39 is 18.5 Å². The molecule has 1 heterocycles. The Hall–Kier alpha value is -2.70. The number of benzene rings is 2. The minimum atomic E-state index is -0.745. The molecule has 2 aromatic carbocycles. The molecule has 25 heavy (non-hydrogen) atoms. The van der Waals surface area contributed by atoms with Crippen molar-refractivity contribution in [1.82, 2.24) is 9.97 Å². The number of ether oxygens (including phenoxy) is 1. The lowest BCUT2D eigenvalue weighted by atomic mass is 10.3. The molecule has 0 atom stereocenters. The normalized spacial score (nSPS) is 10.5. The van der Waals surface area contributed by atoms with Crippen LogP contribution < -0.4 is 5.32 Å². The summed E-state index contributed by atoms with van der Waals surface area (Å²) in [6.45, 7) is -0.490. The van der Waals surface area contributed by atoms with Gasteiger partial charge in [0.15, 0.2) is 12.3 Å². The number of esters is 1. The Morgan fingerprint density at radius 3 is 2.60 bits per heavy atom. The van der Waals surface area contributed by atoms with Crippen LogP contribution in [0.3, 0.4) is 0 Å². The van der Waals surface area contributed by atoms with Crippen molar-refractivity contribution >= 4 is 51.8 Å². The summed E-state index contributed by atoms with van der Waals surface area (Å²) in [7, 11) is 0.